The Labute approximate surface area is 194 Å². The molecule has 164 valence electrons. The van der Waals surface area contributed by atoms with Crippen LogP contribution < -0.4 is 5.32 Å². The Hall–Kier alpha value is -3.43. The predicted octanol–water partition coefficient (Wildman–Crippen LogP) is 5.90. The lowest BCUT2D eigenvalue weighted by atomic mass is 9.68. The minimum Gasteiger partial charge on any atom is -0.340 e. The quantitative estimate of drug-likeness (QED) is 0.408. The smallest absolute Gasteiger partial charge is 0.192 e. The van der Waals surface area contributed by atoms with Crippen LogP contribution in [-0.2, 0) is 12.0 Å². The summed E-state index contributed by atoms with van der Waals surface area (Å²) in [5.74, 6) is 0.189. The molecule has 1 fully saturated rings. The Morgan fingerprint density at radius 2 is 1.61 bits per heavy atom. The molecule has 2 heterocycles. The molecule has 0 unspecified atom stereocenters. The number of nitrogens with zero attached hydrogens (tertiary/aromatic N) is 1. The molecule has 1 N–H and O–H groups in total. The van der Waals surface area contributed by atoms with E-state index in [1.807, 2.05) is 12.1 Å². The number of nitrogens with one attached hydrogen (secondary N) is 1. The number of carbonyl (C=O) groups excluding carboxylic acids is 1. The fourth-order valence-corrected chi connectivity index (χ4v) is 5.99. The molecule has 3 nitrogen and oxygen atoms in total. The second-order valence-corrected chi connectivity index (χ2v) is 9.36. The molecule has 1 aliphatic carbocycles. The van der Waals surface area contributed by atoms with Crippen molar-refractivity contribution in [1.82, 2.24) is 9.88 Å². The van der Waals surface area contributed by atoms with Crippen molar-refractivity contribution < 1.29 is 4.79 Å². The van der Waals surface area contributed by atoms with E-state index < -0.39 is 0 Å². The Bertz CT molecular complexity index is 1390. The van der Waals surface area contributed by atoms with Crippen molar-refractivity contribution in [3.05, 3.63) is 112 Å². The number of fused-ring (bicyclic) bond motifs is 3. The van der Waals surface area contributed by atoms with E-state index in [4.69, 9.17) is 0 Å². The molecule has 0 atom stereocenters. The van der Waals surface area contributed by atoms with Crippen LogP contribution in [0, 0.1) is 6.92 Å². The van der Waals surface area contributed by atoms with E-state index in [0.717, 1.165) is 60.2 Å². The molecule has 1 spiro atoms. The fourth-order valence-electron chi connectivity index (χ4n) is 5.99. The van der Waals surface area contributed by atoms with Crippen LogP contribution in [0.1, 0.15) is 45.6 Å². The van der Waals surface area contributed by atoms with Gasteiger partial charge in [0.2, 0.25) is 0 Å². The lowest BCUT2D eigenvalue weighted by Crippen LogP contribution is -2.41. The number of aromatic nitrogens is 1. The van der Waals surface area contributed by atoms with Crippen molar-refractivity contribution >= 4 is 22.8 Å². The molecule has 6 rings (SSSR count). The highest BCUT2D eigenvalue weighted by Crippen LogP contribution is 2.49. The Morgan fingerprint density at radius 1 is 0.909 bits per heavy atom. The molecule has 0 saturated carbocycles. The predicted molar refractivity (Wildman–Crippen MR) is 135 cm³/mol. The lowest BCUT2D eigenvalue weighted by Gasteiger charge is -2.37. The van der Waals surface area contributed by atoms with Crippen molar-refractivity contribution in [1.29, 1.82) is 0 Å². The molecule has 1 saturated heterocycles. The second-order valence-electron chi connectivity index (χ2n) is 9.36. The third-order valence-corrected chi connectivity index (χ3v) is 7.63. The van der Waals surface area contributed by atoms with E-state index in [1.54, 1.807) is 0 Å². The van der Waals surface area contributed by atoms with Gasteiger partial charge in [0.1, 0.15) is 0 Å². The van der Waals surface area contributed by atoms with Gasteiger partial charge in [0.25, 0.3) is 0 Å². The summed E-state index contributed by atoms with van der Waals surface area (Å²) >= 11 is 0. The maximum Gasteiger partial charge on any atom is 0.192 e. The van der Waals surface area contributed by atoms with Crippen LogP contribution >= 0.6 is 0 Å². The van der Waals surface area contributed by atoms with E-state index in [-0.39, 0.29) is 11.2 Å². The summed E-state index contributed by atoms with van der Waals surface area (Å²) < 4.78 is 2.30. The van der Waals surface area contributed by atoms with Crippen molar-refractivity contribution in [2.45, 2.75) is 31.7 Å². The summed E-state index contributed by atoms with van der Waals surface area (Å²) in [6, 6.07) is 27.4. The summed E-state index contributed by atoms with van der Waals surface area (Å²) in [6.07, 6.45) is 4.10. The van der Waals surface area contributed by atoms with E-state index in [0.29, 0.717) is 0 Å². The van der Waals surface area contributed by atoms with Crippen LogP contribution in [0.15, 0.2) is 84.4 Å². The molecule has 0 amide bonds. The highest BCUT2D eigenvalue weighted by atomic mass is 16.1. The van der Waals surface area contributed by atoms with Crippen molar-refractivity contribution in [3.8, 4) is 0 Å². The number of para-hydroxylation sites is 1. The molecular weight excluding hydrogens is 404 g/mol. The van der Waals surface area contributed by atoms with Gasteiger partial charge in [-0.25, -0.2) is 0 Å². The summed E-state index contributed by atoms with van der Waals surface area (Å²) in [5.41, 5.74) is 7.57. The number of Topliss-reactive ketones (excluding diaryl/α,β-unsaturated/α-hetero) is 1. The zero-order valence-corrected chi connectivity index (χ0v) is 19.0. The highest BCUT2D eigenvalue weighted by Gasteiger charge is 2.45. The van der Waals surface area contributed by atoms with E-state index in [9.17, 15) is 4.79 Å². The maximum atomic E-state index is 14.4. The largest absolute Gasteiger partial charge is 0.340 e. The lowest BCUT2D eigenvalue weighted by molar-refractivity contribution is 0.101. The number of hydrogen-bond acceptors (Lipinski definition) is 2. The van der Waals surface area contributed by atoms with Gasteiger partial charge < -0.3 is 9.88 Å². The number of rotatable bonds is 4. The first-order valence-corrected chi connectivity index (χ1v) is 11.9. The summed E-state index contributed by atoms with van der Waals surface area (Å²) in [6.45, 7) is 4.74. The van der Waals surface area contributed by atoms with Gasteiger partial charge in [-0.3, -0.25) is 4.79 Å². The van der Waals surface area contributed by atoms with Crippen LogP contribution in [0.3, 0.4) is 0 Å². The van der Waals surface area contributed by atoms with Crippen LogP contribution in [0.2, 0.25) is 0 Å². The fraction of sp³-hybridized carbons (Fsp3) is 0.233. The van der Waals surface area contributed by atoms with Gasteiger partial charge in [-0.05, 0) is 61.7 Å². The molecule has 1 aromatic heterocycles. The average molecular weight is 433 g/mol. The van der Waals surface area contributed by atoms with Crippen molar-refractivity contribution in [3.63, 3.8) is 0 Å². The van der Waals surface area contributed by atoms with E-state index in [1.165, 1.54) is 16.7 Å². The molecule has 4 aromatic rings. The number of piperidine rings is 1. The van der Waals surface area contributed by atoms with Crippen LogP contribution in [0.25, 0.3) is 17.0 Å². The third-order valence-electron chi connectivity index (χ3n) is 7.63. The molecule has 0 bridgehead atoms. The SMILES string of the molecule is Cc1c(C(=O)C2=Cc3ccccc3C23CCNCC3)c2ccccc2n1Cc1ccccc1. The molecule has 3 heteroatoms. The first-order valence-electron chi connectivity index (χ1n) is 11.9. The topological polar surface area (TPSA) is 34.0 Å². The zero-order valence-electron chi connectivity index (χ0n) is 19.0. The van der Waals surface area contributed by atoms with Gasteiger partial charge in [-0.2, -0.15) is 0 Å². The molecule has 33 heavy (non-hydrogen) atoms. The Balaban J connectivity index is 1.50. The van der Waals surface area contributed by atoms with Gasteiger partial charge in [-0.1, -0.05) is 72.8 Å². The molecule has 0 radical (unpaired) electrons. The zero-order chi connectivity index (χ0) is 22.4. The van der Waals surface area contributed by atoms with Crippen LogP contribution in [-0.4, -0.2) is 23.4 Å². The monoisotopic (exact) mass is 432 g/mol. The highest BCUT2D eigenvalue weighted by molar-refractivity contribution is 6.21. The first-order chi connectivity index (χ1) is 16.2. The Morgan fingerprint density at radius 3 is 2.42 bits per heavy atom. The first kappa shape index (κ1) is 20.2. The van der Waals surface area contributed by atoms with Gasteiger partial charge in [0, 0.05) is 34.1 Å². The van der Waals surface area contributed by atoms with Gasteiger partial charge >= 0.3 is 0 Å². The number of hydrogen-bond donors (Lipinski definition) is 1. The number of allylic oxidation sites excluding steroid dienone is 1. The van der Waals surface area contributed by atoms with E-state index >= 15 is 0 Å². The van der Waals surface area contributed by atoms with Gasteiger partial charge in [-0.15, -0.1) is 0 Å². The summed E-state index contributed by atoms with van der Waals surface area (Å²) in [5, 5.41) is 4.55. The molecule has 3 aromatic carbocycles. The second kappa shape index (κ2) is 7.86. The van der Waals surface area contributed by atoms with Crippen molar-refractivity contribution in [2.75, 3.05) is 13.1 Å². The number of benzene rings is 3. The molecular formula is C30H28N2O. The number of ketones is 1. The third kappa shape index (κ3) is 3.11. The minimum absolute atomic E-state index is 0.187. The Kier molecular flexibility index (Phi) is 4.81. The molecule has 2 aliphatic rings. The number of carbonyl (C=O) groups is 1. The minimum atomic E-state index is -0.187. The van der Waals surface area contributed by atoms with Crippen molar-refractivity contribution in [2.24, 2.45) is 0 Å². The normalized spacial score (nSPS) is 16.7. The van der Waals surface area contributed by atoms with Crippen LogP contribution in [0.4, 0.5) is 0 Å². The van der Waals surface area contributed by atoms with E-state index in [2.05, 4.69) is 89.6 Å². The standard InChI is InChI=1S/C30H28N2O/c1-21-28(24-12-6-8-14-27(24)32(21)20-22-9-3-2-4-10-22)29(33)26-19-23-11-5-7-13-25(23)30(26)15-17-31-18-16-30/h2-14,19,31H,15-18,20H2,1H3. The summed E-state index contributed by atoms with van der Waals surface area (Å²) in [4.78, 5) is 14.4. The van der Waals surface area contributed by atoms with Gasteiger partial charge in [0.15, 0.2) is 5.78 Å². The molecule has 1 aliphatic heterocycles. The van der Waals surface area contributed by atoms with Crippen LogP contribution in [0.5, 0.6) is 0 Å². The summed E-state index contributed by atoms with van der Waals surface area (Å²) in [7, 11) is 0. The van der Waals surface area contributed by atoms with Gasteiger partial charge in [0.05, 0.1) is 5.56 Å². The maximum absolute atomic E-state index is 14.4. The average Bonchev–Trinajstić information content (AvgIpc) is 3.32.